The number of methoxy groups -OCH3 is 1. The van der Waals surface area contributed by atoms with Gasteiger partial charge in [0.05, 0.1) is 7.11 Å². The molecule has 0 radical (unpaired) electrons. The molecule has 23 heavy (non-hydrogen) atoms. The van der Waals surface area contributed by atoms with E-state index < -0.39 is 6.10 Å². The summed E-state index contributed by atoms with van der Waals surface area (Å²) in [5.41, 5.74) is 3.03. The molecule has 4 heteroatoms. The Morgan fingerprint density at radius 1 is 1.13 bits per heavy atom. The summed E-state index contributed by atoms with van der Waals surface area (Å²) in [6.45, 7) is 5.78. The maximum Gasteiger partial charge on any atom is 0.265 e. The summed E-state index contributed by atoms with van der Waals surface area (Å²) in [6.07, 6.45) is 0.231. The van der Waals surface area contributed by atoms with Crippen molar-refractivity contribution in [3.05, 3.63) is 53.6 Å². The van der Waals surface area contributed by atoms with E-state index in [0.29, 0.717) is 11.5 Å². The molecule has 4 nitrogen and oxygen atoms in total. The van der Waals surface area contributed by atoms with Crippen LogP contribution < -0.4 is 14.8 Å². The Hall–Kier alpha value is -2.49. The summed E-state index contributed by atoms with van der Waals surface area (Å²) in [4.78, 5) is 12.5. The van der Waals surface area contributed by atoms with Gasteiger partial charge in [-0.1, -0.05) is 37.3 Å². The second-order valence-electron chi connectivity index (χ2n) is 5.36. The number of nitrogens with one attached hydrogen (secondary N) is 1. The smallest absolute Gasteiger partial charge is 0.265 e. The molecule has 0 aromatic heterocycles. The number of benzene rings is 2. The lowest BCUT2D eigenvalue weighted by molar-refractivity contribution is -0.122. The van der Waals surface area contributed by atoms with E-state index in [2.05, 4.69) is 12.2 Å². The standard InChI is InChI=1S/C19H23NO3/c1-5-15-10-8-9-13(2)18(15)20-19(21)14(3)23-17-12-7-6-11-16(17)22-4/h6-12,14H,5H2,1-4H3,(H,20,21)/t14-/m0/s1. The molecular formula is C19H23NO3. The third-order valence-corrected chi connectivity index (χ3v) is 3.73. The van der Waals surface area contributed by atoms with Crippen LogP contribution in [-0.2, 0) is 11.2 Å². The van der Waals surface area contributed by atoms with E-state index in [-0.39, 0.29) is 5.91 Å². The quantitative estimate of drug-likeness (QED) is 0.877. The van der Waals surface area contributed by atoms with Crippen molar-refractivity contribution in [1.82, 2.24) is 0 Å². The fourth-order valence-electron chi connectivity index (χ4n) is 2.39. The Balaban J connectivity index is 2.12. The van der Waals surface area contributed by atoms with Crippen LogP contribution >= 0.6 is 0 Å². The molecule has 1 atom stereocenters. The normalized spacial score (nSPS) is 11.7. The number of aryl methyl sites for hydroxylation is 2. The van der Waals surface area contributed by atoms with Gasteiger partial charge in [0.25, 0.3) is 5.91 Å². The third-order valence-electron chi connectivity index (χ3n) is 3.73. The minimum Gasteiger partial charge on any atom is -0.493 e. The van der Waals surface area contributed by atoms with Crippen molar-refractivity contribution >= 4 is 11.6 Å². The summed E-state index contributed by atoms with van der Waals surface area (Å²) in [5, 5.41) is 2.98. The van der Waals surface area contributed by atoms with E-state index in [1.807, 2.05) is 37.3 Å². The zero-order chi connectivity index (χ0) is 16.8. The van der Waals surface area contributed by atoms with Crippen molar-refractivity contribution in [3.63, 3.8) is 0 Å². The number of rotatable bonds is 6. The van der Waals surface area contributed by atoms with Gasteiger partial charge in [0.15, 0.2) is 17.6 Å². The van der Waals surface area contributed by atoms with Crippen molar-refractivity contribution in [2.24, 2.45) is 0 Å². The van der Waals surface area contributed by atoms with Crippen molar-refractivity contribution in [2.45, 2.75) is 33.3 Å². The van der Waals surface area contributed by atoms with E-state index >= 15 is 0 Å². The molecule has 2 aromatic rings. The van der Waals surface area contributed by atoms with Crippen LogP contribution in [0.25, 0.3) is 0 Å². The lowest BCUT2D eigenvalue weighted by Crippen LogP contribution is -2.30. The zero-order valence-electron chi connectivity index (χ0n) is 14.1. The highest BCUT2D eigenvalue weighted by Gasteiger charge is 2.18. The van der Waals surface area contributed by atoms with Gasteiger partial charge < -0.3 is 14.8 Å². The van der Waals surface area contributed by atoms with Crippen LogP contribution in [0.15, 0.2) is 42.5 Å². The van der Waals surface area contributed by atoms with Gasteiger partial charge in [-0.05, 0) is 43.5 Å². The average Bonchev–Trinajstić information content (AvgIpc) is 2.57. The number of para-hydroxylation sites is 3. The molecule has 0 fully saturated rings. The first-order chi connectivity index (χ1) is 11.1. The monoisotopic (exact) mass is 313 g/mol. The van der Waals surface area contributed by atoms with E-state index in [1.165, 1.54) is 0 Å². The summed E-state index contributed by atoms with van der Waals surface area (Å²) in [6, 6.07) is 13.3. The molecule has 0 aliphatic carbocycles. The van der Waals surface area contributed by atoms with Crippen molar-refractivity contribution in [2.75, 3.05) is 12.4 Å². The molecule has 1 amide bonds. The Labute approximate surface area is 137 Å². The fourth-order valence-corrected chi connectivity index (χ4v) is 2.39. The SMILES string of the molecule is CCc1cccc(C)c1NC(=O)[C@H](C)Oc1ccccc1OC. The van der Waals surface area contributed by atoms with Gasteiger partial charge in [-0.25, -0.2) is 0 Å². The minimum atomic E-state index is -0.629. The Bertz CT molecular complexity index is 682. The van der Waals surface area contributed by atoms with Gasteiger partial charge in [0, 0.05) is 5.69 Å². The van der Waals surface area contributed by atoms with E-state index in [9.17, 15) is 4.79 Å². The lowest BCUT2D eigenvalue weighted by Gasteiger charge is -2.18. The zero-order valence-corrected chi connectivity index (χ0v) is 14.1. The van der Waals surface area contributed by atoms with Gasteiger partial charge in [0.2, 0.25) is 0 Å². The van der Waals surface area contributed by atoms with E-state index in [4.69, 9.17) is 9.47 Å². The first-order valence-corrected chi connectivity index (χ1v) is 7.75. The molecule has 0 spiro atoms. The highest BCUT2D eigenvalue weighted by atomic mass is 16.5. The van der Waals surface area contributed by atoms with Crippen molar-refractivity contribution in [3.8, 4) is 11.5 Å². The third kappa shape index (κ3) is 4.03. The maximum atomic E-state index is 12.5. The fraction of sp³-hybridized carbons (Fsp3) is 0.316. The summed E-state index contributed by atoms with van der Waals surface area (Å²) in [7, 11) is 1.58. The largest absolute Gasteiger partial charge is 0.493 e. The molecule has 1 N–H and O–H groups in total. The van der Waals surface area contributed by atoms with Gasteiger partial charge in [-0.2, -0.15) is 0 Å². The summed E-state index contributed by atoms with van der Waals surface area (Å²) < 4.78 is 11.0. The molecule has 2 rings (SSSR count). The molecule has 0 aliphatic rings. The Morgan fingerprint density at radius 3 is 2.48 bits per heavy atom. The topological polar surface area (TPSA) is 47.6 Å². The highest BCUT2D eigenvalue weighted by molar-refractivity contribution is 5.95. The molecule has 0 aliphatic heterocycles. The Kier molecular flexibility index (Phi) is 5.63. The lowest BCUT2D eigenvalue weighted by atomic mass is 10.1. The van der Waals surface area contributed by atoms with Gasteiger partial charge in [-0.3, -0.25) is 4.79 Å². The average molecular weight is 313 g/mol. The number of hydrogen-bond acceptors (Lipinski definition) is 3. The van der Waals surface area contributed by atoms with Crippen molar-refractivity contribution in [1.29, 1.82) is 0 Å². The summed E-state index contributed by atoms with van der Waals surface area (Å²) >= 11 is 0. The minimum absolute atomic E-state index is 0.181. The molecule has 0 bridgehead atoms. The highest BCUT2D eigenvalue weighted by Crippen LogP contribution is 2.27. The molecule has 0 unspecified atom stereocenters. The first kappa shape index (κ1) is 16.9. The number of amides is 1. The van der Waals surface area contributed by atoms with Crippen LogP contribution in [0.4, 0.5) is 5.69 Å². The predicted octanol–water partition coefficient (Wildman–Crippen LogP) is 3.97. The number of anilines is 1. The number of hydrogen-bond donors (Lipinski definition) is 1. The second kappa shape index (κ2) is 7.68. The number of carbonyl (C=O) groups excluding carboxylic acids is 1. The first-order valence-electron chi connectivity index (χ1n) is 7.75. The van der Waals surface area contributed by atoms with Crippen molar-refractivity contribution < 1.29 is 14.3 Å². The number of carbonyl (C=O) groups is 1. The van der Waals surface area contributed by atoms with Crippen LogP contribution in [-0.4, -0.2) is 19.1 Å². The van der Waals surface area contributed by atoms with Crippen LogP contribution in [0, 0.1) is 6.92 Å². The number of ether oxygens (including phenoxy) is 2. The molecule has 0 saturated carbocycles. The maximum absolute atomic E-state index is 12.5. The molecule has 0 saturated heterocycles. The van der Waals surface area contributed by atoms with Gasteiger partial charge in [-0.15, -0.1) is 0 Å². The van der Waals surface area contributed by atoms with Crippen LogP contribution in [0.2, 0.25) is 0 Å². The molecule has 2 aromatic carbocycles. The second-order valence-corrected chi connectivity index (χ2v) is 5.36. The molecule has 0 heterocycles. The Morgan fingerprint density at radius 2 is 1.83 bits per heavy atom. The van der Waals surface area contributed by atoms with E-state index in [1.54, 1.807) is 26.2 Å². The van der Waals surface area contributed by atoms with Crippen LogP contribution in [0.1, 0.15) is 25.0 Å². The van der Waals surface area contributed by atoms with Crippen LogP contribution in [0.3, 0.4) is 0 Å². The summed E-state index contributed by atoms with van der Waals surface area (Å²) in [5.74, 6) is 0.982. The van der Waals surface area contributed by atoms with Gasteiger partial charge in [0.1, 0.15) is 0 Å². The molecule has 122 valence electrons. The van der Waals surface area contributed by atoms with Crippen LogP contribution in [0.5, 0.6) is 11.5 Å². The predicted molar refractivity (Wildman–Crippen MR) is 92.3 cm³/mol. The molecular weight excluding hydrogens is 290 g/mol. The van der Waals surface area contributed by atoms with E-state index in [0.717, 1.165) is 23.2 Å². The van der Waals surface area contributed by atoms with Gasteiger partial charge >= 0.3 is 0 Å².